The summed E-state index contributed by atoms with van der Waals surface area (Å²) < 4.78 is 0. The molecule has 3 heteroatoms. The van der Waals surface area contributed by atoms with Crippen molar-refractivity contribution in [2.45, 2.75) is 52.1 Å². The van der Waals surface area contributed by atoms with Crippen molar-refractivity contribution in [3.8, 4) is 0 Å². The Labute approximate surface area is 122 Å². The molecule has 1 aliphatic carbocycles. The first-order valence-electron chi connectivity index (χ1n) is 7.26. The standard InChI is InChI=1S/C16H24N2S/c1-4-12-5-7-13(8-6-12)15(11(2)3)18-16(19)17-14-9-10-14/h5-8,11,14-15H,4,9-10H2,1-3H3,(H2,17,18,19)/t15-/m0/s1. The van der Waals surface area contributed by atoms with Crippen LogP contribution in [0, 0.1) is 5.92 Å². The maximum Gasteiger partial charge on any atom is 0.167 e. The van der Waals surface area contributed by atoms with E-state index in [2.05, 4.69) is 55.7 Å². The summed E-state index contributed by atoms with van der Waals surface area (Å²) >= 11 is 5.39. The molecule has 0 heterocycles. The second kappa shape index (κ2) is 6.38. The van der Waals surface area contributed by atoms with Gasteiger partial charge in [-0.3, -0.25) is 0 Å². The van der Waals surface area contributed by atoms with Crippen molar-refractivity contribution in [3.63, 3.8) is 0 Å². The van der Waals surface area contributed by atoms with E-state index in [-0.39, 0.29) is 6.04 Å². The Morgan fingerprint density at radius 3 is 2.37 bits per heavy atom. The van der Waals surface area contributed by atoms with Crippen LogP contribution in [0.1, 0.15) is 50.8 Å². The minimum Gasteiger partial charge on any atom is -0.360 e. The molecule has 1 aromatic rings. The lowest BCUT2D eigenvalue weighted by molar-refractivity contribution is 0.468. The fourth-order valence-corrected chi connectivity index (χ4v) is 2.49. The van der Waals surface area contributed by atoms with E-state index in [1.165, 1.54) is 24.0 Å². The average molecular weight is 276 g/mol. The van der Waals surface area contributed by atoms with E-state index < -0.39 is 0 Å². The predicted molar refractivity (Wildman–Crippen MR) is 85.3 cm³/mol. The lowest BCUT2D eigenvalue weighted by Crippen LogP contribution is -2.40. The van der Waals surface area contributed by atoms with Gasteiger partial charge in [-0.15, -0.1) is 0 Å². The molecule has 0 amide bonds. The van der Waals surface area contributed by atoms with E-state index in [1.807, 2.05) is 0 Å². The number of benzene rings is 1. The summed E-state index contributed by atoms with van der Waals surface area (Å²) in [6.07, 6.45) is 3.58. The van der Waals surface area contributed by atoms with Crippen molar-refractivity contribution in [1.29, 1.82) is 0 Å². The van der Waals surface area contributed by atoms with E-state index >= 15 is 0 Å². The summed E-state index contributed by atoms with van der Waals surface area (Å²) in [5.74, 6) is 0.506. The maximum absolute atomic E-state index is 5.39. The van der Waals surface area contributed by atoms with Crippen molar-refractivity contribution in [1.82, 2.24) is 10.6 Å². The van der Waals surface area contributed by atoms with Crippen LogP contribution in [0.25, 0.3) is 0 Å². The average Bonchev–Trinajstić information content (AvgIpc) is 3.20. The van der Waals surface area contributed by atoms with Crippen LogP contribution in [0.3, 0.4) is 0 Å². The molecule has 0 bridgehead atoms. The van der Waals surface area contributed by atoms with Gasteiger partial charge in [0, 0.05) is 6.04 Å². The topological polar surface area (TPSA) is 24.1 Å². The Balaban J connectivity index is 2.02. The SMILES string of the molecule is CCc1ccc([C@@H](NC(=S)NC2CC2)C(C)C)cc1. The molecule has 0 radical (unpaired) electrons. The van der Waals surface area contributed by atoms with Gasteiger partial charge in [0.05, 0.1) is 6.04 Å². The van der Waals surface area contributed by atoms with Gasteiger partial charge in [0.25, 0.3) is 0 Å². The Morgan fingerprint density at radius 2 is 1.89 bits per heavy atom. The van der Waals surface area contributed by atoms with Crippen molar-refractivity contribution >= 4 is 17.3 Å². The third kappa shape index (κ3) is 4.20. The summed E-state index contributed by atoms with van der Waals surface area (Å²) in [6, 6.07) is 9.75. The number of hydrogen-bond donors (Lipinski definition) is 2. The Kier molecular flexibility index (Phi) is 4.81. The van der Waals surface area contributed by atoms with E-state index in [0.717, 1.165) is 11.5 Å². The Bertz CT molecular complexity index is 421. The molecule has 1 atom stereocenters. The van der Waals surface area contributed by atoms with Crippen LogP contribution in [0.2, 0.25) is 0 Å². The minimum atomic E-state index is 0.282. The highest BCUT2D eigenvalue weighted by atomic mass is 32.1. The molecule has 0 spiro atoms. The predicted octanol–water partition coefficient (Wildman–Crippen LogP) is 3.57. The zero-order chi connectivity index (χ0) is 13.8. The van der Waals surface area contributed by atoms with Gasteiger partial charge in [-0.05, 0) is 48.5 Å². The summed E-state index contributed by atoms with van der Waals surface area (Å²) in [5, 5.41) is 7.61. The summed E-state index contributed by atoms with van der Waals surface area (Å²) in [6.45, 7) is 6.64. The van der Waals surface area contributed by atoms with Crippen LogP contribution >= 0.6 is 12.2 Å². The first-order valence-corrected chi connectivity index (χ1v) is 7.66. The highest BCUT2D eigenvalue weighted by Crippen LogP contribution is 2.23. The molecule has 104 valence electrons. The summed E-state index contributed by atoms with van der Waals surface area (Å²) in [4.78, 5) is 0. The second-order valence-corrected chi connectivity index (χ2v) is 6.12. The quantitative estimate of drug-likeness (QED) is 0.804. The molecule has 0 aromatic heterocycles. The number of rotatable bonds is 5. The van der Waals surface area contributed by atoms with Gasteiger partial charge in [0.2, 0.25) is 0 Å². The van der Waals surface area contributed by atoms with Gasteiger partial charge in [-0.25, -0.2) is 0 Å². The number of thiocarbonyl (C=S) groups is 1. The third-order valence-electron chi connectivity index (χ3n) is 3.61. The monoisotopic (exact) mass is 276 g/mol. The van der Waals surface area contributed by atoms with Gasteiger partial charge in [-0.2, -0.15) is 0 Å². The molecule has 1 aliphatic rings. The third-order valence-corrected chi connectivity index (χ3v) is 3.85. The van der Waals surface area contributed by atoms with E-state index in [1.54, 1.807) is 0 Å². The van der Waals surface area contributed by atoms with Gasteiger partial charge in [0.1, 0.15) is 0 Å². The molecule has 1 fully saturated rings. The fraction of sp³-hybridized carbons (Fsp3) is 0.562. The molecule has 2 N–H and O–H groups in total. The zero-order valence-electron chi connectivity index (χ0n) is 12.1. The normalized spacial score (nSPS) is 16.2. The molecule has 0 saturated heterocycles. The van der Waals surface area contributed by atoms with Crippen LogP contribution in [0.5, 0.6) is 0 Å². The first kappa shape index (κ1) is 14.3. The van der Waals surface area contributed by atoms with Crippen LogP contribution in [-0.2, 0) is 6.42 Å². The van der Waals surface area contributed by atoms with Crippen LogP contribution < -0.4 is 10.6 Å². The van der Waals surface area contributed by atoms with Crippen LogP contribution in [0.4, 0.5) is 0 Å². The van der Waals surface area contributed by atoms with Gasteiger partial charge < -0.3 is 10.6 Å². The maximum atomic E-state index is 5.39. The molecular weight excluding hydrogens is 252 g/mol. The van der Waals surface area contributed by atoms with E-state index in [0.29, 0.717) is 12.0 Å². The molecule has 2 nitrogen and oxygen atoms in total. The number of aryl methyl sites for hydroxylation is 1. The summed E-state index contributed by atoms with van der Waals surface area (Å²) in [7, 11) is 0. The van der Waals surface area contributed by atoms with Crippen molar-refractivity contribution in [2.75, 3.05) is 0 Å². The molecule has 1 aromatic carbocycles. The highest BCUT2D eigenvalue weighted by molar-refractivity contribution is 7.80. The fourth-order valence-electron chi connectivity index (χ4n) is 2.19. The summed E-state index contributed by atoms with van der Waals surface area (Å²) in [5.41, 5.74) is 2.69. The van der Waals surface area contributed by atoms with Crippen molar-refractivity contribution < 1.29 is 0 Å². The van der Waals surface area contributed by atoms with Crippen LogP contribution in [-0.4, -0.2) is 11.2 Å². The van der Waals surface area contributed by atoms with Crippen molar-refractivity contribution in [3.05, 3.63) is 35.4 Å². The van der Waals surface area contributed by atoms with Gasteiger partial charge in [-0.1, -0.05) is 45.0 Å². The lowest BCUT2D eigenvalue weighted by atomic mass is 9.95. The Hall–Kier alpha value is -1.09. The van der Waals surface area contributed by atoms with Crippen molar-refractivity contribution in [2.24, 2.45) is 5.92 Å². The Morgan fingerprint density at radius 1 is 1.26 bits per heavy atom. The number of nitrogens with one attached hydrogen (secondary N) is 2. The molecule has 0 unspecified atom stereocenters. The van der Waals surface area contributed by atoms with E-state index in [9.17, 15) is 0 Å². The second-order valence-electron chi connectivity index (χ2n) is 5.71. The van der Waals surface area contributed by atoms with Gasteiger partial charge in [0.15, 0.2) is 5.11 Å². The van der Waals surface area contributed by atoms with E-state index in [4.69, 9.17) is 12.2 Å². The molecule has 1 saturated carbocycles. The molecule has 2 rings (SSSR count). The number of hydrogen-bond acceptors (Lipinski definition) is 1. The van der Waals surface area contributed by atoms with Gasteiger partial charge >= 0.3 is 0 Å². The highest BCUT2D eigenvalue weighted by Gasteiger charge is 2.23. The molecule has 0 aliphatic heterocycles. The zero-order valence-corrected chi connectivity index (χ0v) is 12.9. The molecular formula is C16H24N2S. The molecule has 19 heavy (non-hydrogen) atoms. The largest absolute Gasteiger partial charge is 0.360 e. The first-order chi connectivity index (χ1) is 9.10. The minimum absolute atomic E-state index is 0.282. The smallest absolute Gasteiger partial charge is 0.167 e. The lowest BCUT2D eigenvalue weighted by Gasteiger charge is -2.25. The van der Waals surface area contributed by atoms with Crippen LogP contribution in [0.15, 0.2) is 24.3 Å².